The van der Waals surface area contributed by atoms with Crippen LogP contribution in [0.2, 0.25) is 0 Å². The Morgan fingerprint density at radius 3 is 1.32 bits per heavy atom. The van der Waals surface area contributed by atoms with Gasteiger partial charge in [0.1, 0.15) is 0 Å². The van der Waals surface area contributed by atoms with Gasteiger partial charge in [-0.1, -0.05) is 64.7 Å². The Bertz CT molecular complexity index is 161. The zero-order valence-corrected chi connectivity index (χ0v) is 16.0. The second-order valence-electron chi connectivity index (χ2n) is 5.21. The first-order valence-electron chi connectivity index (χ1n) is 8.18. The van der Waals surface area contributed by atoms with E-state index >= 15 is 0 Å². The van der Waals surface area contributed by atoms with Crippen LogP contribution in [-0.2, 0) is 0 Å². The number of unbranched alkanes of at least 4 members (excludes halogenated alkanes) is 9. The summed E-state index contributed by atoms with van der Waals surface area (Å²) in [6.45, 7) is 3.66. The Balaban J connectivity index is -0.000000330. The molecule has 5 N–H and O–H groups in total. The van der Waals surface area contributed by atoms with E-state index in [9.17, 15) is 0 Å². The second-order valence-corrected chi connectivity index (χ2v) is 6.19. The average molecular weight is 360 g/mol. The lowest BCUT2D eigenvalue weighted by atomic mass is 10.1. The SMILES string of the molecule is CC(O)CO.CCCCCCCCCCCCS.OP(O)O. The minimum atomic E-state index is -2.62. The van der Waals surface area contributed by atoms with Crippen molar-refractivity contribution in [3.63, 3.8) is 0 Å². The van der Waals surface area contributed by atoms with E-state index in [1.165, 1.54) is 71.1 Å². The molecule has 0 aliphatic carbocycles. The molecule has 0 aliphatic rings. The third kappa shape index (κ3) is 49.9. The van der Waals surface area contributed by atoms with Gasteiger partial charge < -0.3 is 24.9 Å². The monoisotopic (exact) mass is 360 g/mol. The third-order valence-corrected chi connectivity index (χ3v) is 3.09. The van der Waals surface area contributed by atoms with Gasteiger partial charge in [0, 0.05) is 0 Å². The number of aliphatic hydroxyl groups excluding tert-OH is 2. The van der Waals surface area contributed by atoms with E-state index in [1.54, 1.807) is 0 Å². The van der Waals surface area contributed by atoms with Gasteiger partial charge >= 0.3 is 8.60 Å². The lowest BCUT2D eigenvalue weighted by molar-refractivity contribution is 0.110. The topological polar surface area (TPSA) is 101 Å². The highest BCUT2D eigenvalue weighted by molar-refractivity contribution is 7.80. The molecule has 0 amide bonds. The zero-order valence-electron chi connectivity index (χ0n) is 14.2. The van der Waals surface area contributed by atoms with E-state index in [0.29, 0.717) is 0 Å². The number of rotatable bonds is 11. The van der Waals surface area contributed by atoms with Crippen molar-refractivity contribution in [3.8, 4) is 0 Å². The molecule has 1 atom stereocenters. The van der Waals surface area contributed by atoms with E-state index in [2.05, 4.69) is 19.6 Å². The first kappa shape index (κ1) is 27.4. The van der Waals surface area contributed by atoms with Crippen molar-refractivity contribution in [1.29, 1.82) is 0 Å². The van der Waals surface area contributed by atoms with Crippen LogP contribution in [0.3, 0.4) is 0 Å². The summed E-state index contributed by atoms with van der Waals surface area (Å²) in [6.07, 6.45) is 13.6. The molecule has 0 aliphatic heterocycles. The minimum absolute atomic E-state index is 0.139. The van der Waals surface area contributed by atoms with Crippen molar-refractivity contribution in [2.45, 2.75) is 84.2 Å². The average Bonchev–Trinajstić information content (AvgIpc) is 2.45. The zero-order chi connectivity index (χ0) is 17.6. The summed E-state index contributed by atoms with van der Waals surface area (Å²) in [5.74, 6) is 1.07. The number of aliphatic hydroxyl groups is 2. The predicted octanol–water partition coefficient (Wildman–Crippen LogP) is 3.39. The standard InChI is InChI=1S/C12H26S.C3H8O2.H3O3P/c1-2-3-4-5-6-7-8-9-10-11-12-13;1-3(5)2-4;1-4(2)3/h13H,2-12H2,1H3;3-5H,2H2,1H3;1-3H. The Labute approximate surface area is 143 Å². The first-order valence-corrected chi connectivity index (χ1v) is 10.0. The van der Waals surface area contributed by atoms with Gasteiger partial charge in [0.05, 0.1) is 12.7 Å². The molecular formula is C15H37O5PS. The van der Waals surface area contributed by atoms with E-state index in [-0.39, 0.29) is 6.61 Å². The van der Waals surface area contributed by atoms with Crippen LogP contribution in [0.1, 0.15) is 78.1 Å². The molecule has 0 aromatic rings. The Morgan fingerprint density at radius 1 is 0.818 bits per heavy atom. The molecule has 5 nitrogen and oxygen atoms in total. The summed E-state index contributed by atoms with van der Waals surface area (Å²) in [5, 5.41) is 16.0. The molecule has 22 heavy (non-hydrogen) atoms. The molecule has 0 saturated heterocycles. The molecular weight excluding hydrogens is 323 g/mol. The Kier molecular flexibility index (Phi) is 33.0. The maximum atomic E-state index is 8.11. The maximum Gasteiger partial charge on any atom is 0.324 e. The molecule has 138 valence electrons. The minimum Gasteiger partial charge on any atom is -0.394 e. The molecule has 0 bridgehead atoms. The van der Waals surface area contributed by atoms with Gasteiger partial charge in [-0.2, -0.15) is 12.6 Å². The molecule has 0 aromatic carbocycles. The van der Waals surface area contributed by atoms with Gasteiger partial charge in [-0.15, -0.1) is 0 Å². The molecule has 0 saturated carbocycles. The third-order valence-electron chi connectivity index (χ3n) is 2.78. The highest BCUT2D eigenvalue weighted by atomic mass is 32.1. The van der Waals surface area contributed by atoms with Gasteiger partial charge in [0.2, 0.25) is 0 Å². The van der Waals surface area contributed by atoms with E-state index in [1.807, 2.05) is 0 Å². The quantitative estimate of drug-likeness (QED) is 0.193. The van der Waals surface area contributed by atoms with E-state index < -0.39 is 14.7 Å². The van der Waals surface area contributed by atoms with Gasteiger partial charge in [0.15, 0.2) is 0 Å². The summed E-state index contributed by atoms with van der Waals surface area (Å²) < 4.78 is 0. The van der Waals surface area contributed by atoms with E-state index in [4.69, 9.17) is 24.9 Å². The van der Waals surface area contributed by atoms with Crippen LogP contribution in [0.4, 0.5) is 0 Å². The summed E-state index contributed by atoms with van der Waals surface area (Å²) in [5.41, 5.74) is 0. The summed E-state index contributed by atoms with van der Waals surface area (Å²) >= 11 is 4.20. The second kappa shape index (κ2) is 26.5. The van der Waals surface area contributed by atoms with Crippen LogP contribution in [0.25, 0.3) is 0 Å². The normalized spacial score (nSPS) is 11.3. The van der Waals surface area contributed by atoms with Crippen LogP contribution in [0, 0.1) is 0 Å². The van der Waals surface area contributed by atoms with Crippen LogP contribution < -0.4 is 0 Å². The fourth-order valence-corrected chi connectivity index (χ4v) is 1.82. The predicted molar refractivity (Wildman–Crippen MR) is 98.0 cm³/mol. The highest BCUT2D eigenvalue weighted by Crippen LogP contribution is 2.11. The van der Waals surface area contributed by atoms with E-state index in [0.717, 1.165) is 5.75 Å². The Hall–Kier alpha value is 0.580. The van der Waals surface area contributed by atoms with Gasteiger partial charge in [-0.05, 0) is 19.1 Å². The number of thiol groups is 1. The van der Waals surface area contributed by atoms with Crippen LogP contribution in [0.15, 0.2) is 0 Å². The number of hydrogen-bond donors (Lipinski definition) is 6. The molecule has 0 fully saturated rings. The maximum absolute atomic E-state index is 8.11. The summed E-state index contributed by atoms with van der Waals surface area (Å²) in [7, 11) is -2.62. The van der Waals surface area contributed by atoms with Gasteiger partial charge in [0.25, 0.3) is 0 Å². The Morgan fingerprint density at radius 2 is 1.09 bits per heavy atom. The molecule has 1 unspecified atom stereocenters. The smallest absolute Gasteiger partial charge is 0.324 e. The molecule has 0 aromatic heterocycles. The largest absolute Gasteiger partial charge is 0.394 e. The summed E-state index contributed by atoms with van der Waals surface area (Å²) in [4.78, 5) is 21.7. The highest BCUT2D eigenvalue weighted by Gasteiger charge is 1.91. The van der Waals surface area contributed by atoms with Crippen LogP contribution >= 0.6 is 21.2 Å². The van der Waals surface area contributed by atoms with Crippen molar-refractivity contribution < 1.29 is 24.9 Å². The van der Waals surface area contributed by atoms with Crippen molar-refractivity contribution >= 4 is 21.2 Å². The summed E-state index contributed by atoms with van der Waals surface area (Å²) in [6, 6.07) is 0. The van der Waals surface area contributed by atoms with Crippen molar-refractivity contribution in [3.05, 3.63) is 0 Å². The van der Waals surface area contributed by atoms with Crippen molar-refractivity contribution in [2.75, 3.05) is 12.4 Å². The fourth-order valence-electron chi connectivity index (χ4n) is 1.60. The first-order chi connectivity index (χ1) is 10.4. The molecule has 0 radical (unpaired) electrons. The van der Waals surface area contributed by atoms with Crippen LogP contribution in [0.5, 0.6) is 0 Å². The lowest BCUT2D eigenvalue weighted by Gasteiger charge is -2.00. The van der Waals surface area contributed by atoms with Gasteiger partial charge in [-0.25, -0.2) is 0 Å². The molecule has 7 heteroatoms. The molecule has 0 rings (SSSR count). The molecule has 0 spiro atoms. The van der Waals surface area contributed by atoms with Crippen molar-refractivity contribution in [1.82, 2.24) is 0 Å². The van der Waals surface area contributed by atoms with Crippen LogP contribution in [-0.4, -0.2) is 43.4 Å². The fraction of sp³-hybridized carbons (Fsp3) is 1.00. The lowest BCUT2D eigenvalue weighted by Crippen LogP contribution is -2.03. The van der Waals surface area contributed by atoms with Crippen molar-refractivity contribution in [2.24, 2.45) is 0 Å². The van der Waals surface area contributed by atoms with Gasteiger partial charge in [-0.3, -0.25) is 0 Å². The number of hydrogen-bond acceptors (Lipinski definition) is 6. The molecule has 0 heterocycles.